The first-order chi connectivity index (χ1) is 29.3. The van der Waals surface area contributed by atoms with E-state index in [4.69, 9.17) is 11.6 Å². The van der Waals surface area contributed by atoms with Gasteiger partial charge in [-0.25, -0.2) is 18.4 Å². The molecule has 1 fully saturated rings. The van der Waals surface area contributed by atoms with E-state index in [1.165, 1.54) is 29.6 Å². The molecule has 0 aliphatic carbocycles. The molecule has 1 aliphatic rings. The first kappa shape index (κ1) is 46.7. The molecular weight excluding hydrogens is 859 g/mol. The average Bonchev–Trinajstić information content (AvgIpc) is 3.24. The number of halogens is 4. The Bertz CT molecular complexity index is 2280. The maximum atomic E-state index is 14.0. The lowest BCUT2D eigenvalue weighted by Gasteiger charge is -2.37. The van der Waals surface area contributed by atoms with Crippen molar-refractivity contribution in [3.8, 4) is 11.1 Å². The van der Waals surface area contributed by atoms with E-state index in [1.54, 1.807) is 11.8 Å². The van der Waals surface area contributed by atoms with Crippen molar-refractivity contribution in [2.45, 2.75) is 84.4 Å². The van der Waals surface area contributed by atoms with Gasteiger partial charge in [-0.1, -0.05) is 73.1 Å². The van der Waals surface area contributed by atoms with E-state index in [1.807, 2.05) is 56.4 Å². The molecule has 1 aromatic heterocycles. The lowest BCUT2D eigenvalue weighted by atomic mass is 9.97. The summed E-state index contributed by atoms with van der Waals surface area (Å²) in [6.07, 6.45) is 5.19. The number of piperidine rings is 1. The standard InChI is InChI=1S/C45H53ClF3N7O2S3/c1-4-39-42(29-55(3)36-22-25-56(26-23-36)28-33-11-8-9-15-40(33)32-16-18-34(46)19-17-32)51-31-52-44(39)54-61(57,58)38-20-21-41(43(27-38)60-45(47,48)49)53-35(12-10-24-50-2)30-59-37-13-6-5-7-14-37/h5-9,11,13-21,27,31,35-36,50,53H,4,10,12,22-26,28-30H2,1-3H3,(H,51,52,54)/t35-/m1/s1. The van der Waals surface area contributed by atoms with E-state index < -0.39 is 15.5 Å². The first-order valence-electron chi connectivity index (χ1n) is 20.4. The molecule has 0 radical (unpaired) electrons. The van der Waals surface area contributed by atoms with Crippen molar-refractivity contribution in [3.05, 3.63) is 125 Å². The molecule has 0 bridgehead atoms. The predicted molar refractivity (Wildman–Crippen MR) is 245 cm³/mol. The molecule has 3 N–H and O–H groups in total. The molecule has 1 atom stereocenters. The number of nitrogens with one attached hydrogen (secondary N) is 3. The van der Waals surface area contributed by atoms with Crippen LogP contribution < -0.4 is 15.4 Å². The summed E-state index contributed by atoms with van der Waals surface area (Å²) in [4.78, 5) is 14.1. The van der Waals surface area contributed by atoms with Crippen molar-refractivity contribution in [1.29, 1.82) is 0 Å². The van der Waals surface area contributed by atoms with E-state index >= 15 is 0 Å². The number of thioether (sulfide) groups is 2. The van der Waals surface area contributed by atoms with Gasteiger partial charge >= 0.3 is 5.51 Å². The summed E-state index contributed by atoms with van der Waals surface area (Å²) in [6, 6.07) is 30.2. The second-order valence-electron chi connectivity index (χ2n) is 15.1. The number of rotatable bonds is 20. The van der Waals surface area contributed by atoms with Gasteiger partial charge in [0.15, 0.2) is 0 Å². The van der Waals surface area contributed by atoms with Crippen LogP contribution in [0.15, 0.2) is 118 Å². The third-order valence-electron chi connectivity index (χ3n) is 10.8. The lowest BCUT2D eigenvalue weighted by Crippen LogP contribution is -2.43. The quantitative estimate of drug-likeness (QED) is 0.0517. The Labute approximate surface area is 371 Å². The zero-order chi connectivity index (χ0) is 43.4. The van der Waals surface area contributed by atoms with Gasteiger partial charge in [0.05, 0.1) is 10.6 Å². The molecule has 61 heavy (non-hydrogen) atoms. The Morgan fingerprint density at radius 2 is 1.69 bits per heavy atom. The molecule has 4 aromatic carbocycles. The fraction of sp³-hybridized carbons (Fsp3) is 0.378. The Morgan fingerprint density at radius 1 is 0.967 bits per heavy atom. The Kier molecular flexibility index (Phi) is 16.8. The fourth-order valence-electron chi connectivity index (χ4n) is 7.58. The largest absolute Gasteiger partial charge is 0.446 e. The van der Waals surface area contributed by atoms with Crippen LogP contribution in [-0.4, -0.2) is 85.3 Å². The molecule has 0 spiro atoms. The summed E-state index contributed by atoms with van der Waals surface area (Å²) >= 11 is 7.43. The second-order valence-corrected chi connectivity index (χ2v) is 19.4. The summed E-state index contributed by atoms with van der Waals surface area (Å²) in [7, 11) is -0.427. The minimum atomic E-state index is -4.64. The van der Waals surface area contributed by atoms with Gasteiger partial charge < -0.3 is 10.6 Å². The molecule has 1 saturated heterocycles. The average molecular weight is 913 g/mol. The van der Waals surface area contributed by atoms with Crippen molar-refractivity contribution < 1.29 is 21.6 Å². The van der Waals surface area contributed by atoms with Gasteiger partial charge in [-0.2, -0.15) is 13.2 Å². The summed E-state index contributed by atoms with van der Waals surface area (Å²) in [5, 5.41) is 7.14. The van der Waals surface area contributed by atoms with Gasteiger partial charge in [0.25, 0.3) is 10.0 Å². The topological polar surface area (TPSA) is 102 Å². The van der Waals surface area contributed by atoms with E-state index in [0.717, 1.165) is 62.0 Å². The smallest absolute Gasteiger partial charge is 0.381 e. The number of sulfonamides is 1. The number of alkyl halides is 3. The number of likely N-dealkylation sites (tertiary alicyclic amines) is 1. The Hall–Kier alpha value is -3.83. The molecule has 0 saturated carbocycles. The zero-order valence-corrected chi connectivity index (χ0v) is 37.8. The number of anilines is 2. The van der Waals surface area contributed by atoms with E-state index in [0.29, 0.717) is 47.5 Å². The molecule has 0 unspecified atom stereocenters. The number of hydrogen-bond donors (Lipinski definition) is 3. The van der Waals surface area contributed by atoms with Crippen LogP contribution in [0.2, 0.25) is 5.02 Å². The van der Waals surface area contributed by atoms with Crippen molar-refractivity contribution in [2.75, 3.05) is 49.5 Å². The van der Waals surface area contributed by atoms with Crippen LogP contribution >= 0.6 is 35.1 Å². The summed E-state index contributed by atoms with van der Waals surface area (Å²) in [6.45, 7) is 5.82. The number of nitrogens with zero attached hydrogens (tertiary/aromatic N) is 4. The maximum Gasteiger partial charge on any atom is 0.446 e. The molecule has 326 valence electrons. The molecule has 5 aromatic rings. The van der Waals surface area contributed by atoms with E-state index in [2.05, 4.69) is 78.6 Å². The Balaban J connectivity index is 1.12. The third-order valence-corrected chi connectivity index (χ3v) is 14.3. The van der Waals surface area contributed by atoms with Gasteiger partial charge in [0.2, 0.25) is 0 Å². The first-order valence-corrected chi connectivity index (χ1v) is 24.1. The SMILES string of the molecule is CCc1c(CN(C)C2CCN(Cc3ccccc3-c3ccc(Cl)cc3)CC2)ncnc1NS(=O)(=O)c1ccc(N[C@H](CCCNC)CSc2ccccc2)c(SC(F)(F)F)c1. The number of hydrogen-bond acceptors (Lipinski definition) is 10. The maximum absolute atomic E-state index is 14.0. The van der Waals surface area contributed by atoms with Crippen LogP contribution in [0.5, 0.6) is 0 Å². The van der Waals surface area contributed by atoms with Crippen molar-refractivity contribution in [3.63, 3.8) is 0 Å². The number of benzene rings is 4. The van der Waals surface area contributed by atoms with E-state index in [-0.39, 0.29) is 39.1 Å². The summed E-state index contributed by atoms with van der Waals surface area (Å²) in [5.41, 5.74) is 0.512. The highest BCUT2D eigenvalue weighted by Crippen LogP contribution is 2.42. The minimum Gasteiger partial charge on any atom is -0.381 e. The van der Waals surface area contributed by atoms with Gasteiger partial charge in [0.1, 0.15) is 12.1 Å². The van der Waals surface area contributed by atoms with Crippen LogP contribution in [-0.2, 0) is 29.5 Å². The Morgan fingerprint density at radius 3 is 2.39 bits per heavy atom. The lowest BCUT2D eigenvalue weighted by molar-refractivity contribution is -0.0328. The van der Waals surface area contributed by atoms with Crippen molar-refractivity contribution in [2.24, 2.45) is 0 Å². The van der Waals surface area contributed by atoms with Crippen LogP contribution in [0.1, 0.15) is 49.4 Å². The van der Waals surface area contributed by atoms with Crippen molar-refractivity contribution in [1.82, 2.24) is 25.1 Å². The van der Waals surface area contributed by atoms with Gasteiger partial charge in [0, 0.05) is 57.0 Å². The van der Waals surface area contributed by atoms with Gasteiger partial charge in [-0.3, -0.25) is 14.5 Å². The highest BCUT2D eigenvalue weighted by atomic mass is 35.5. The predicted octanol–water partition coefficient (Wildman–Crippen LogP) is 10.4. The van der Waals surface area contributed by atoms with Crippen LogP contribution in [0.25, 0.3) is 11.1 Å². The van der Waals surface area contributed by atoms with Crippen LogP contribution in [0.3, 0.4) is 0 Å². The molecular formula is C45H53ClF3N7O2S3. The van der Waals surface area contributed by atoms with Gasteiger partial charge in [-0.15, -0.1) is 11.8 Å². The molecule has 6 rings (SSSR count). The zero-order valence-electron chi connectivity index (χ0n) is 34.6. The molecule has 2 heterocycles. The molecule has 0 amide bonds. The second kappa shape index (κ2) is 22.0. The third kappa shape index (κ3) is 13.6. The monoisotopic (exact) mass is 911 g/mol. The molecule has 1 aliphatic heterocycles. The van der Waals surface area contributed by atoms with E-state index in [9.17, 15) is 21.6 Å². The summed E-state index contributed by atoms with van der Waals surface area (Å²) in [5.74, 6) is 0.723. The summed E-state index contributed by atoms with van der Waals surface area (Å²) < 4.78 is 72.3. The molecule has 9 nitrogen and oxygen atoms in total. The van der Waals surface area contributed by atoms with Crippen LogP contribution in [0, 0.1) is 0 Å². The van der Waals surface area contributed by atoms with Crippen LogP contribution in [0.4, 0.5) is 24.7 Å². The highest BCUT2D eigenvalue weighted by molar-refractivity contribution is 8.00. The van der Waals surface area contributed by atoms with Crippen molar-refractivity contribution >= 4 is 56.7 Å². The molecule has 16 heteroatoms. The highest BCUT2D eigenvalue weighted by Gasteiger charge is 2.32. The van der Waals surface area contributed by atoms with Gasteiger partial charge in [-0.05, 0) is 137 Å². The normalized spacial score (nSPS) is 14.6. The minimum absolute atomic E-state index is 0.116. The number of aromatic nitrogens is 2. The fourth-order valence-corrected chi connectivity index (χ4v) is 10.5.